The van der Waals surface area contributed by atoms with Crippen LogP contribution in [0, 0.1) is 17.5 Å². The van der Waals surface area contributed by atoms with Crippen LogP contribution in [-0.4, -0.2) is 27.6 Å². The monoisotopic (exact) mass is 336 g/mol. The Bertz CT molecular complexity index is 862. The van der Waals surface area contributed by atoms with Gasteiger partial charge in [-0.3, -0.25) is 9.89 Å². The summed E-state index contributed by atoms with van der Waals surface area (Å²) in [6.07, 6.45) is 1.71. The average molecular weight is 336 g/mol. The molecule has 1 aromatic carbocycles. The van der Waals surface area contributed by atoms with E-state index in [0.717, 1.165) is 0 Å². The van der Waals surface area contributed by atoms with Crippen LogP contribution in [0.15, 0.2) is 34.9 Å². The number of benzene rings is 1. The maximum absolute atomic E-state index is 13.5. The van der Waals surface area contributed by atoms with Crippen molar-refractivity contribution in [3.05, 3.63) is 59.4 Å². The molecule has 3 aromatic rings. The molecule has 0 radical (unpaired) electrons. The number of carbonyl (C=O) groups is 1. The third-order valence-corrected chi connectivity index (χ3v) is 3.19. The van der Waals surface area contributed by atoms with Gasteiger partial charge in [-0.25, -0.2) is 18.2 Å². The summed E-state index contributed by atoms with van der Waals surface area (Å²) in [5, 5.41) is 8.90. The van der Waals surface area contributed by atoms with E-state index in [9.17, 15) is 18.0 Å². The highest BCUT2D eigenvalue weighted by molar-refractivity contribution is 5.94. The molecule has 2 N–H and O–H groups in total. The maximum atomic E-state index is 13.5. The number of nitrogens with zero attached hydrogens (tertiary/aromatic N) is 2. The average Bonchev–Trinajstić information content (AvgIpc) is 3.22. The van der Waals surface area contributed by atoms with Crippen molar-refractivity contribution < 1.29 is 22.4 Å². The Labute approximate surface area is 133 Å². The lowest BCUT2D eigenvalue weighted by Gasteiger charge is -2.06. The van der Waals surface area contributed by atoms with Gasteiger partial charge >= 0.3 is 0 Å². The van der Waals surface area contributed by atoms with Crippen LogP contribution in [0.2, 0.25) is 0 Å². The Balaban J connectivity index is 1.61. The number of rotatable bonds is 5. The van der Waals surface area contributed by atoms with E-state index in [2.05, 4.69) is 20.5 Å². The molecule has 0 bridgehead atoms. The summed E-state index contributed by atoms with van der Waals surface area (Å²) >= 11 is 0. The number of carbonyl (C=O) groups excluding carboxylic acids is 1. The fourth-order valence-corrected chi connectivity index (χ4v) is 2.04. The van der Waals surface area contributed by atoms with E-state index < -0.39 is 28.9 Å². The molecular formula is C15H11F3N4O2. The summed E-state index contributed by atoms with van der Waals surface area (Å²) in [6, 6.07) is 4.68. The fourth-order valence-electron chi connectivity index (χ4n) is 2.04. The third kappa shape index (κ3) is 3.14. The van der Waals surface area contributed by atoms with Gasteiger partial charge in [-0.15, -0.1) is 0 Å². The summed E-state index contributed by atoms with van der Waals surface area (Å²) in [6.45, 7) is 0.0288. The lowest BCUT2D eigenvalue weighted by atomic mass is 10.1. The molecule has 3 rings (SSSR count). The second-order valence-electron chi connectivity index (χ2n) is 4.81. The van der Waals surface area contributed by atoms with Gasteiger partial charge in [-0.2, -0.15) is 5.10 Å². The SMILES string of the molecule is O=C(NCCc1nc(-c2ccco2)n[nH]1)c1c(F)ccc(F)c1F. The quantitative estimate of drug-likeness (QED) is 0.701. The zero-order valence-corrected chi connectivity index (χ0v) is 12.1. The number of furan rings is 1. The number of nitrogens with one attached hydrogen (secondary N) is 2. The van der Waals surface area contributed by atoms with E-state index in [-0.39, 0.29) is 13.0 Å². The van der Waals surface area contributed by atoms with Crippen molar-refractivity contribution in [2.75, 3.05) is 6.54 Å². The second-order valence-corrected chi connectivity index (χ2v) is 4.81. The van der Waals surface area contributed by atoms with Crippen LogP contribution in [0.3, 0.4) is 0 Å². The standard InChI is InChI=1S/C15H11F3N4O2/c16-8-3-4-9(17)13(18)12(8)15(23)19-6-5-11-20-14(22-21-11)10-2-1-7-24-10/h1-4,7H,5-6H2,(H,19,23)(H,20,21,22). The summed E-state index contributed by atoms with van der Waals surface area (Å²) < 4.78 is 45.2. The number of H-pyrrole nitrogens is 1. The third-order valence-electron chi connectivity index (χ3n) is 3.19. The van der Waals surface area contributed by atoms with Crippen molar-refractivity contribution in [1.82, 2.24) is 20.5 Å². The van der Waals surface area contributed by atoms with Crippen molar-refractivity contribution in [1.29, 1.82) is 0 Å². The first-order chi connectivity index (χ1) is 11.6. The van der Waals surface area contributed by atoms with Crippen LogP contribution in [0.5, 0.6) is 0 Å². The van der Waals surface area contributed by atoms with Crippen molar-refractivity contribution >= 4 is 5.91 Å². The van der Waals surface area contributed by atoms with Gasteiger partial charge in [0.1, 0.15) is 17.2 Å². The number of amides is 1. The molecular weight excluding hydrogens is 325 g/mol. The number of hydrogen-bond acceptors (Lipinski definition) is 4. The number of aromatic nitrogens is 3. The molecule has 0 aliphatic rings. The molecule has 2 heterocycles. The summed E-state index contributed by atoms with van der Waals surface area (Å²) in [5.41, 5.74) is -0.955. The molecule has 6 nitrogen and oxygen atoms in total. The predicted octanol–water partition coefficient (Wildman–Crippen LogP) is 2.45. The molecule has 0 saturated heterocycles. The largest absolute Gasteiger partial charge is 0.461 e. The van der Waals surface area contributed by atoms with Crippen molar-refractivity contribution in [2.45, 2.75) is 6.42 Å². The van der Waals surface area contributed by atoms with Crippen LogP contribution in [0.1, 0.15) is 16.2 Å². The molecule has 0 fully saturated rings. The Morgan fingerprint density at radius 1 is 1.21 bits per heavy atom. The molecule has 0 atom stereocenters. The molecule has 0 saturated carbocycles. The molecule has 0 aliphatic heterocycles. The number of halogens is 3. The van der Waals surface area contributed by atoms with Crippen LogP contribution in [0.25, 0.3) is 11.6 Å². The first-order valence-electron chi connectivity index (χ1n) is 6.93. The highest BCUT2D eigenvalue weighted by atomic mass is 19.2. The van der Waals surface area contributed by atoms with Gasteiger partial charge in [0.15, 0.2) is 17.4 Å². The minimum atomic E-state index is -1.52. The topological polar surface area (TPSA) is 83.8 Å². The normalized spacial score (nSPS) is 10.8. The van der Waals surface area contributed by atoms with E-state index in [0.29, 0.717) is 29.5 Å². The Morgan fingerprint density at radius 2 is 2.00 bits per heavy atom. The second kappa shape index (κ2) is 6.57. The molecule has 24 heavy (non-hydrogen) atoms. The molecule has 124 valence electrons. The highest BCUT2D eigenvalue weighted by Gasteiger charge is 2.20. The predicted molar refractivity (Wildman–Crippen MR) is 76.4 cm³/mol. The zero-order chi connectivity index (χ0) is 17.1. The van der Waals surface area contributed by atoms with Gasteiger partial charge in [0.05, 0.1) is 6.26 Å². The maximum Gasteiger partial charge on any atom is 0.257 e. The Morgan fingerprint density at radius 3 is 2.75 bits per heavy atom. The fraction of sp³-hybridized carbons (Fsp3) is 0.133. The van der Waals surface area contributed by atoms with Gasteiger partial charge in [-0.1, -0.05) is 0 Å². The number of aromatic amines is 1. The van der Waals surface area contributed by atoms with Crippen molar-refractivity contribution in [3.8, 4) is 11.6 Å². The minimum absolute atomic E-state index is 0.0288. The van der Waals surface area contributed by atoms with Gasteiger partial charge < -0.3 is 9.73 Å². The van der Waals surface area contributed by atoms with E-state index in [1.807, 2.05) is 0 Å². The van der Waals surface area contributed by atoms with Crippen molar-refractivity contribution in [3.63, 3.8) is 0 Å². The minimum Gasteiger partial charge on any atom is -0.461 e. The lowest BCUT2D eigenvalue weighted by molar-refractivity contribution is 0.0944. The van der Waals surface area contributed by atoms with Crippen molar-refractivity contribution in [2.24, 2.45) is 0 Å². The molecule has 0 aliphatic carbocycles. The van der Waals surface area contributed by atoms with E-state index in [1.165, 1.54) is 6.26 Å². The van der Waals surface area contributed by atoms with E-state index in [4.69, 9.17) is 4.42 Å². The number of hydrogen-bond donors (Lipinski definition) is 2. The van der Waals surface area contributed by atoms with Gasteiger partial charge in [0, 0.05) is 13.0 Å². The van der Waals surface area contributed by atoms with Gasteiger partial charge in [-0.05, 0) is 24.3 Å². The van der Waals surface area contributed by atoms with Crippen LogP contribution < -0.4 is 5.32 Å². The first-order valence-corrected chi connectivity index (χ1v) is 6.93. The van der Waals surface area contributed by atoms with Crippen LogP contribution >= 0.6 is 0 Å². The van der Waals surface area contributed by atoms with Gasteiger partial charge in [0.2, 0.25) is 5.82 Å². The smallest absolute Gasteiger partial charge is 0.257 e. The molecule has 0 spiro atoms. The molecule has 9 heteroatoms. The van der Waals surface area contributed by atoms with E-state index in [1.54, 1.807) is 12.1 Å². The molecule has 1 amide bonds. The van der Waals surface area contributed by atoms with Crippen LogP contribution in [-0.2, 0) is 6.42 Å². The lowest BCUT2D eigenvalue weighted by Crippen LogP contribution is -2.28. The summed E-state index contributed by atoms with van der Waals surface area (Å²) in [4.78, 5) is 16.0. The zero-order valence-electron chi connectivity index (χ0n) is 12.1. The van der Waals surface area contributed by atoms with Gasteiger partial charge in [0.25, 0.3) is 5.91 Å². The Kier molecular flexibility index (Phi) is 4.32. The van der Waals surface area contributed by atoms with Crippen LogP contribution in [0.4, 0.5) is 13.2 Å². The first kappa shape index (κ1) is 15.8. The molecule has 0 unspecified atom stereocenters. The highest BCUT2D eigenvalue weighted by Crippen LogP contribution is 2.16. The molecule has 2 aromatic heterocycles. The van der Waals surface area contributed by atoms with E-state index >= 15 is 0 Å². The summed E-state index contributed by atoms with van der Waals surface area (Å²) in [5.74, 6) is -3.72. The summed E-state index contributed by atoms with van der Waals surface area (Å²) in [7, 11) is 0. The Hall–Kier alpha value is -3.10.